The van der Waals surface area contributed by atoms with Crippen LogP contribution in [0.25, 0.3) is 22.0 Å². The fourth-order valence-corrected chi connectivity index (χ4v) is 4.76. The average molecular weight is 459 g/mol. The molecule has 0 unspecified atom stereocenters. The first-order chi connectivity index (χ1) is 16.4. The van der Waals surface area contributed by atoms with Crippen LogP contribution in [0.5, 0.6) is 0 Å². The van der Waals surface area contributed by atoms with Crippen LogP contribution in [0.1, 0.15) is 34.6 Å². The lowest BCUT2D eigenvalue weighted by molar-refractivity contribution is 0.0968. The number of pyridine rings is 1. The quantitative estimate of drug-likeness (QED) is 0.422. The number of benzene rings is 2. The van der Waals surface area contributed by atoms with E-state index >= 15 is 4.39 Å². The molecule has 8 heteroatoms. The highest BCUT2D eigenvalue weighted by Gasteiger charge is 2.31. The monoisotopic (exact) mass is 458 g/mol. The van der Waals surface area contributed by atoms with Crippen LogP contribution >= 0.6 is 0 Å². The van der Waals surface area contributed by atoms with Gasteiger partial charge in [0.25, 0.3) is 5.91 Å². The van der Waals surface area contributed by atoms with E-state index in [1.807, 2.05) is 31.2 Å². The number of hydrogen-bond donors (Lipinski definition) is 3. The molecule has 1 atom stereocenters. The number of imidazole rings is 1. The van der Waals surface area contributed by atoms with Crippen molar-refractivity contribution in [2.75, 3.05) is 23.7 Å². The molecular formula is C26H27FN6O. The summed E-state index contributed by atoms with van der Waals surface area (Å²) in [6.07, 6.45) is 3.45. The number of carbonyl (C=O) groups excluding carboxylic acids is 1. The van der Waals surface area contributed by atoms with Crippen molar-refractivity contribution < 1.29 is 9.18 Å². The number of hydrogen-bond acceptors (Lipinski definition) is 5. The molecule has 2 aromatic carbocycles. The number of halogens is 1. The van der Waals surface area contributed by atoms with Crippen molar-refractivity contribution in [3.05, 3.63) is 71.4 Å². The van der Waals surface area contributed by atoms with Gasteiger partial charge in [0.05, 0.1) is 17.3 Å². The van der Waals surface area contributed by atoms with Crippen molar-refractivity contribution in [2.24, 2.45) is 0 Å². The maximum Gasteiger partial charge on any atom is 0.262 e. The number of piperidine rings is 1. The average Bonchev–Trinajstić information content (AvgIpc) is 3.18. The van der Waals surface area contributed by atoms with Crippen LogP contribution in [0.2, 0.25) is 0 Å². The van der Waals surface area contributed by atoms with Gasteiger partial charge in [0.15, 0.2) is 0 Å². The number of nitrogens with zero attached hydrogens (tertiary/aromatic N) is 3. The molecule has 0 bridgehead atoms. The van der Waals surface area contributed by atoms with Crippen molar-refractivity contribution in [3.8, 4) is 11.3 Å². The molecule has 7 nitrogen and oxygen atoms in total. The largest absolute Gasteiger partial charge is 0.382 e. The van der Waals surface area contributed by atoms with Crippen molar-refractivity contribution in [1.82, 2.24) is 20.3 Å². The molecule has 1 aliphatic heterocycles. The van der Waals surface area contributed by atoms with Crippen LogP contribution in [0.4, 0.5) is 16.0 Å². The van der Waals surface area contributed by atoms with Gasteiger partial charge in [-0.25, -0.2) is 14.4 Å². The van der Waals surface area contributed by atoms with Crippen LogP contribution in [0.15, 0.2) is 48.7 Å². The Hall–Kier alpha value is -3.78. The second kappa shape index (κ2) is 8.87. The molecule has 1 aliphatic rings. The summed E-state index contributed by atoms with van der Waals surface area (Å²) in [6, 6.07) is 12.3. The Bertz CT molecular complexity index is 1370. The van der Waals surface area contributed by atoms with Gasteiger partial charge in [-0.05, 0) is 62.4 Å². The van der Waals surface area contributed by atoms with Gasteiger partial charge in [0.1, 0.15) is 23.3 Å². The maximum atomic E-state index is 15.4. The zero-order valence-corrected chi connectivity index (χ0v) is 19.2. The van der Waals surface area contributed by atoms with Gasteiger partial charge in [-0.3, -0.25) is 9.69 Å². The Morgan fingerprint density at radius 2 is 2.06 bits per heavy atom. The first kappa shape index (κ1) is 22.0. The number of anilines is 2. The van der Waals surface area contributed by atoms with Gasteiger partial charge in [0.2, 0.25) is 0 Å². The lowest BCUT2D eigenvalue weighted by Crippen LogP contribution is -2.49. The van der Waals surface area contributed by atoms with Crippen LogP contribution in [-0.4, -0.2) is 40.0 Å². The first-order valence-corrected chi connectivity index (χ1v) is 11.4. The van der Waals surface area contributed by atoms with Crippen LogP contribution < -0.4 is 16.0 Å². The summed E-state index contributed by atoms with van der Waals surface area (Å²) < 4.78 is 15.4. The fourth-order valence-electron chi connectivity index (χ4n) is 4.76. The first-order valence-electron chi connectivity index (χ1n) is 11.4. The zero-order chi connectivity index (χ0) is 23.8. The minimum Gasteiger partial charge on any atom is -0.382 e. The standard InChI is InChI=1S/C26H27FN6O/c1-15-5-3-6-17-10-12-30-25(22(15)17)33(19-7-4-11-29-14-19)26(34)20-9-8-18(13-21(20)27)23-24(28)32-16(2)31-23/h3,5-6,8-10,12-13,19,29H,4,7,11,14,28H2,1-2H3,(H,31,32)/t19-/m1/s1. The summed E-state index contributed by atoms with van der Waals surface area (Å²) in [4.78, 5) is 27.4. The molecule has 0 spiro atoms. The zero-order valence-electron chi connectivity index (χ0n) is 19.2. The SMILES string of the molecule is Cc1nc(N)c(-c2ccc(C(=O)N(c3nccc4cccc(C)c34)[C@@H]3CCCNC3)c(F)c2)[nH]1. The number of fused-ring (bicyclic) bond motifs is 1. The van der Waals surface area contributed by atoms with E-state index in [0.29, 0.717) is 35.3 Å². The Morgan fingerprint density at radius 3 is 2.76 bits per heavy atom. The van der Waals surface area contributed by atoms with E-state index < -0.39 is 11.7 Å². The second-order valence-electron chi connectivity index (χ2n) is 8.76. The predicted molar refractivity (Wildman–Crippen MR) is 132 cm³/mol. The van der Waals surface area contributed by atoms with Gasteiger partial charge < -0.3 is 16.0 Å². The van der Waals surface area contributed by atoms with Crippen LogP contribution in [-0.2, 0) is 0 Å². The molecule has 2 aromatic heterocycles. The minimum atomic E-state index is -0.611. The molecule has 4 aromatic rings. The van der Waals surface area contributed by atoms with E-state index in [0.717, 1.165) is 35.7 Å². The Labute approximate surface area is 197 Å². The molecule has 1 saturated heterocycles. The summed E-state index contributed by atoms with van der Waals surface area (Å²) in [5, 5.41) is 5.26. The number of nitrogen functional groups attached to an aromatic ring is 1. The molecule has 0 aliphatic carbocycles. The second-order valence-corrected chi connectivity index (χ2v) is 8.76. The molecule has 34 heavy (non-hydrogen) atoms. The summed E-state index contributed by atoms with van der Waals surface area (Å²) >= 11 is 0. The number of aromatic amines is 1. The predicted octanol–water partition coefficient (Wildman–Crippen LogP) is 4.36. The lowest BCUT2D eigenvalue weighted by atomic mass is 10.0. The van der Waals surface area contributed by atoms with Crippen LogP contribution in [0.3, 0.4) is 0 Å². The van der Waals surface area contributed by atoms with Crippen molar-refractivity contribution in [1.29, 1.82) is 0 Å². The third-order valence-electron chi connectivity index (χ3n) is 6.40. The van der Waals surface area contributed by atoms with E-state index in [1.165, 1.54) is 12.1 Å². The van der Waals surface area contributed by atoms with E-state index in [4.69, 9.17) is 5.73 Å². The molecule has 1 fully saturated rings. The fraction of sp³-hybridized carbons (Fsp3) is 0.269. The third kappa shape index (κ3) is 3.90. The van der Waals surface area contributed by atoms with Crippen LogP contribution in [0, 0.1) is 19.7 Å². The van der Waals surface area contributed by atoms with E-state index in [9.17, 15) is 4.79 Å². The molecule has 0 saturated carbocycles. The molecular weight excluding hydrogens is 431 g/mol. The topological polar surface area (TPSA) is 99.9 Å². The highest BCUT2D eigenvalue weighted by molar-refractivity contribution is 6.11. The maximum absolute atomic E-state index is 15.4. The molecule has 0 radical (unpaired) electrons. The molecule has 1 amide bonds. The number of rotatable bonds is 4. The minimum absolute atomic E-state index is 0.00322. The Morgan fingerprint density at radius 1 is 1.21 bits per heavy atom. The number of H-pyrrole nitrogens is 1. The normalized spacial score (nSPS) is 16.0. The summed E-state index contributed by atoms with van der Waals surface area (Å²) in [5.41, 5.74) is 8.04. The molecule has 5 rings (SSSR count). The van der Waals surface area contributed by atoms with E-state index in [1.54, 1.807) is 24.1 Å². The van der Waals surface area contributed by atoms with Crippen molar-refractivity contribution in [2.45, 2.75) is 32.7 Å². The summed E-state index contributed by atoms with van der Waals surface area (Å²) in [7, 11) is 0. The number of amides is 1. The third-order valence-corrected chi connectivity index (χ3v) is 6.40. The smallest absolute Gasteiger partial charge is 0.262 e. The van der Waals surface area contributed by atoms with Gasteiger partial charge in [0, 0.05) is 23.7 Å². The van der Waals surface area contributed by atoms with Gasteiger partial charge in [-0.2, -0.15) is 0 Å². The van der Waals surface area contributed by atoms with Crippen molar-refractivity contribution >= 4 is 28.3 Å². The van der Waals surface area contributed by atoms with Gasteiger partial charge >= 0.3 is 0 Å². The lowest BCUT2D eigenvalue weighted by Gasteiger charge is -2.35. The van der Waals surface area contributed by atoms with Gasteiger partial charge in [-0.1, -0.05) is 24.3 Å². The molecule has 174 valence electrons. The number of nitrogens with two attached hydrogens (primary N) is 1. The number of carbonyl (C=O) groups is 1. The summed E-state index contributed by atoms with van der Waals surface area (Å²) in [6.45, 7) is 5.30. The Balaban J connectivity index is 1.61. The number of nitrogens with one attached hydrogen (secondary N) is 2. The molecule has 3 heterocycles. The van der Waals surface area contributed by atoms with E-state index in [2.05, 4.69) is 20.3 Å². The number of aryl methyl sites for hydroxylation is 2. The Kier molecular flexibility index (Phi) is 5.75. The highest BCUT2D eigenvalue weighted by Crippen LogP contribution is 2.32. The van der Waals surface area contributed by atoms with E-state index in [-0.39, 0.29) is 11.6 Å². The number of aromatic nitrogens is 3. The summed E-state index contributed by atoms with van der Waals surface area (Å²) in [5.74, 6) is 0.476. The molecule has 4 N–H and O–H groups in total. The highest BCUT2D eigenvalue weighted by atomic mass is 19.1. The van der Waals surface area contributed by atoms with Crippen molar-refractivity contribution in [3.63, 3.8) is 0 Å². The van der Waals surface area contributed by atoms with Gasteiger partial charge in [-0.15, -0.1) is 0 Å².